The molecule has 2 aromatic heterocycles. The number of benzene rings is 4. The first kappa shape index (κ1) is 40.8. The number of terminal acetylenes is 1. The van der Waals surface area contributed by atoms with Gasteiger partial charge in [-0.05, 0) is 100.0 Å². The highest BCUT2D eigenvalue weighted by molar-refractivity contribution is 9.10. The van der Waals surface area contributed by atoms with E-state index in [1.165, 1.54) is 13.8 Å². The topological polar surface area (TPSA) is 140 Å². The molecule has 2 amide bonds. The molecule has 55 heavy (non-hydrogen) atoms. The molecule has 0 aliphatic heterocycles. The van der Waals surface area contributed by atoms with Crippen LogP contribution in [0.1, 0.15) is 30.5 Å². The van der Waals surface area contributed by atoms with E-state index in [2.05, 4.69) is 68.0 Å². The number of carbonyl (C=O) groups is 2. The van der Waals surface area contributed by atoms with Crippen LogP contribution in [0.5, 0.6) is 0 Å². The molecule has 15 heteroatoms. The fraction of sp³-hybridized carbons (Fsp3) is 0.200. The first-order chi connectivity index (χ1) is 26.1. The van der Waals surface area contributed by atoms with Crippen LogP contribution in [0.4, 0.5) is 34.6 Å². The number of fused-ring (bicyclic) bond motifs is 2. The SMILES string of the molecule is C#Cc1cc(Cl)c2nc(Nc3cc(CN(C)C)cc(NC(C)=O)c3)ncc2c1.CC(=O)Nc1cc(CN(C)C)cc(Nc2ncc3cc(Br)cc(Cl)c3n2)c1. The molecule has 0 saturated carbocycles. The Kier molecular flexibility index (Phi) is 13.6. The summed E-state index contributed by atoms with van der Waals surface area (Å²) in [5, 5.41) is 14.7. The zero-order valence-electron chi connectivity index (χ0n) is 31.1. The predicted octanol–water partition coefficient (Wildman–Crippen LogP) is 8.84. The molecule has 0 aliphatic rings. The van der Waals surface area contributed by atoms with Gasteiger partial charge in [-0.2, -0.15) is 0 Å². The maximum absolute atomic E-state index is 11.5. The van der Waals surface area contributed by atoms with Gasteiger partial charge in [0.15, 0.2) is 0 Å². The van der Waals surface area contributed by atoms with Gasteiger partial charge in [-0.3, -0.25) is 9.59 Å². The van der Waals surface area contributed by atoms with Gasteiger partial charge >= 0.3 is 0 Å². The van der Waals surface area contributed by atoms with Gasteiger partial charge in [0.05, 0.1) is 21.1 Å². The van der Waals surface area contributed by atoms with Crippen LogP contribution in [-0.4, -0.2) is 69.7 Å². The van der Waals surface area contributed by atoms with Crippen molar-refractivity contribution in [3.8, 4) is 12.3 Å². The average Bonchev–Trinajstić information content (AvgIpc) is 3.07. The summed E-state index contributed by atoms with van der Waals surface area (Å²) < 4.78 is 0.876. The van der Waals surface area contributed by atoms with Gasteiger partial charge in [0.25, 0.3) is 0 Å². The number of hydrogen-bond acceptors (Lipinski definition) is 10. The van der Waals surface area contributed by atoms with Crippen LogP contribution in [0.25, 0.3) is 21.8 Å². The van der Waals surface area contributed by atoms with Gasteiger partial charge in [-0.25, -0.2) is 19.9 Å². The van der Waals surface area contributed by atoms with Gasteiger partial charge < -0.3 is 31.1 Å². The van der Waals surface area contributed by atoms with Crippen LogP contribution in [0.15, 0.2) is 77.5 Å². The molecule has 4 aromatic carbocycles. The second kappa shape index (κ2) is 18.3. The molecule has 6 rings (SSSR count). The monoisotopic (exact) mass is 840 g/mol. The smallest absolute Gasteiger partial charge is 0.227 e. The van der Waals surface area contributed by atoms with Crippen molar-refractivity contribution in [2.24, 2.45) is 0 Å². The minimum Gasteiger partial charge on any atom is -0.326 e. The van der Waals surface area contributed by atoms with Gasteiger partial charge in [0, 0.05) is 82.9 Å². The number of anilines is 6. The number of halogens is 3. The Labute approximate surface area is 338 Å². The highest BCUT2D eigenvalue weighted by atomic mass is 79.9. The third-order valence-corrected chi connectivity index (χ3v) is 8.57. The quantitative estimate of drug-likeness (QED) is 0.0990. The Balaban J connectivity index is 0.000000211. The number of aromatic nitrogens is 4. The summed E-state index contributed by atoms with van der Waals surface area (Å²) in [5.74, 6) is 3.14. The molecule has 6 aromatic rings. The summed E-state index contributed by atoms with van der Waals surface area (Å²) in [6.07, 6.45) is 8.84. The van der Waals surface area contributed by atoms with E-state index < -0.39 is 0 Å². The van der Waals surface area contributed by atoms with Crippen molar-refractivity contribution in [2.75, 3.05) is 49.5 Å². The van der Waals surface area contributed by atoms with E-state index in [0.717, 1.165) is 50.8 Å². The summed E-state index contributed by atoms with van der Waals surface area (Å²) in [4.78, 5) is 44.7. The third-order valence-electron chi connectivity index (χ3n) is 7.54. The standard InChI is InChI=1S/C21H20ClN5O.C19H19BrClN5O/c1-5-14-6-16-11-23-21(26-20(16)19(22)9-14)25-18-8-15(12-27(3)4)7-17(10-18)24-13(2)28;1-11(27)23-15-4-12(10-26(2)3)5-16(8-15)24-19-22-9-13-6-14(20)7-17(21)18(13)25-19/h1,6-11H,12H2,2-4H3,(H,24,28)(H,23,25,26);4-9H,10H2,1-3H3,(H,23,27)(H,22,24,25). The van der Waals surface area contributed by atoms with Gasteiger partial charge in [-0.15, -0.1) is 6.42 Å². The van der Waals surface area contributed by atoms with Gasteiger partial charge in [0.1, 0.15) is 0 Å². The summed E-state index contributed by atoms with van der Waals surface area (Å²) in [5.41, 5.74) is 7.02. The molecule has 12 nitrogen and oxygen atoms in total. The number of amides is 2. The maximum Gasteiger partial charge on any atom is 0.227 e. The lowest BCUT2D eigenvalue weighted by Crippen LogP contribution is -2.12. The third kappa shape index (κ3) is 11.8. The second-order valence-corrected chi connectivity index (χ2v) is 14.9. The van der Waals surface area contributed by atoms with E-state index in [4.69, 9.17) is 29.6 Å². The molecule has 0 saturated heterocycles. The molecular formula is C40H39BrCl2N10O2. The first-order valence-corrected chi connectivity index (χ1v) is 18.4. The van der Waals surface area contributed by atoms with Gasteiger partial charge in [0.2, 0.25) is 23.7 Å². The molecule has 0 unspecified atom stereocenters. The van der Waals surface area contributed by atoms with E-state index in [0.29, 0.717) is 49.9 Å². The molecular weight excluding hydrogens is 803 g/mol. The number of hydrogen-bond donors (Lipinski definition) is 4. The fourth-order valence-electron chi connectivity index (χ4n) is 5.62. The number of nitrogens with one attached hydrogen (secondary N) is 4. The first-order valence-electron chi connectivity index (χ1n) is 16.9. The summed E-state index contributed by atoms with van der Waals surface area (Å²) in [7, 11) is 7.95. The molecule has 282 valence electrons. The minimum atomic E-state index is -0.133. The molecule has 0 bridgehead atoms. The highest BCUT2D eigenvalue weighted by Crippen LogP contribution is 2.29. The fourth-order valence-corrected chi connectivity index (χ4v) is 6.77. The molecule has 0 radical (unpaired) electrons. The maximum atomic E-state index is 11.5. The van der Waals surface area contributed by atoms with Crippen molar-refractivity contribution in [3.05, 3.63) is 104 Å². The molecule has 2 heterocycles. The van der Waals surface area contributed by atoms with Crippen LogP contribution < -0.4 is 21.3 Å². The lowest BCUT2D eigenvalue weighted by atomic mass is 10.1. The van der Waals surface area contributed by atoms with E-state index in [-0.39, 0.29) is 11.8 Å². The Bertz CT molecular complexity index is 2440. The van der Waals surface area contributed by atoms with Crippen LogP contribution >= 0.6 is 39.1 Å². The summed E-state index contributed by atoms with van der Waals surface area (Å²) in [6.45, 7) is 4.42. The van der Waals surface area contributed by atoms with Crippen molar-refractivity contribution in [1.29, 1.82) is 0 Å². The number of nitrogens with zero attached hydrogens (tertiary/aromatic N) is 6. The van der Waals surface area contributed by atoms with E-state index in [1.807, 2.05) is 81.6 Å². The highest BCUT2D eigenvalue weighted by Gasteiger charge is 2.11. The number of rotatable bonds is 10. The zero-order valence-corrected chi connectivity index (χ0v) is 34.2. The lowest BCUT2D eigenvalue weighted by Gasteiger charge is -2.14. The number of carbonyl (C=O) groups excluding carboxylic acids is 2. The molecule has 0 atom stereocenters. The molecule has 4 N–H and O–H groups in total. The van der Waals surface area contributed by atoms with Crippen molar-refractivity contribution in [3.63, 3.8) is 0 Å². The van der Waals surface area contributed by atoms with Crippen LogP contribution in [0.2, 0.25) is 10.0 Å². The van der Waals surface area contributed by atoms with Crippen molar-refractivity contribution in [1.82, 2.24) is 29.7 Å². The second-order valence-electron chi connectivity index (χ2n) is 13.2. The Morgan fingerprint density at radius 3 is 1.55 bits per heavy atom. The van der Waals surface area contributed by atoms with Crippen LogP contribution in [0, 0.1) is 12.3 Å². The van der Waals surface area contributed by atoms with Crippen molar-refractivity contribution >= 4 is 107 Å². The Morgan fingerprint density at radius 2 is 1.11 bits per heavy atom. The summed E-state index contributed by atoms with van der Waals surface area (Å²) >= 11 is 16.0. The molecule has 0 spiro atoms. The van der Waals surface area contributed by atoms with Crippen LogP contribution in [0.3, 0.4) is 0 Å². The predicted molar refractivity (Wildman–Crippen MR) is 228 cm³/mol. The zero-order chi connectivity index (χ0) is 39.8. The largest absolute Gasteiger partial charge is 0.326 e. The molecule has 0 fully saturated rings. The normalized spacial score (nSPS) is 10.9. The lowest BCUT2D eigenvalue weighted by molar-refractivity contribution is -0.115. The van der Waals surface area contributed by atoms with Crippen molar-refractivity contribution < 1.29 is 9.59 Å². The van der Waals surface area contributed by atoms with Crippen LogP contribution in [-0.2, 0) is 22.7 Å². The van der Waals surface area contributed by atoms with E-state index >= 15 is 0 Å². The molecule has 0 aliphatic carbocycles. The summed E-state index contributed by atoms with van der Waals surface area (Å²) in [6, 6.07) is 18.8. The van der Waals surface area contributed by atoms with E-state index in [1.54, 1.807) is 24.5 Å². The average molecular weight is 843 g/mol. The Hall–Kier alpha value is -5.36. The minimum absolute atomic E-state index is 0.123. The van der Waals surface area contributed by atoms with E-state index in [9.17, 15) is 9.59 Å². The Morgan fingerprint density at radius 1 is 0.673 bits per heavy atom. The van der Waals surface area contributed by atoms with Crippen molar-refractivity contribution in [2.45, 2.75) is 26.9 Å². The van der Waals surface area contributed by atoms with Gasteiger partial charge in [-0.1, -0.05) is 45.1 Å².